The average Bonchev–Trinajstić information content (AvgIpc) is 2.67. The number of nitrogens with one attached hydrogen (secondary N) is 3. The highest BCUT2D eigenvalue weighted by molar-refractivity contribution is 5.96. The Labute approximate surface area is 185 Å². The van der Waals surface area contributed by atoms with Crippen LogP contribution >= 0.6 is 0 Å². The molecule has 4 amide bonds. The van der Waals surface area contributed by atoms with Gasteiger partial charge in [0.2, 0.25) is 23.6 Å². The van der Waals surface area contributed by atoms with E-state index in [0.717, 1.165) is 0 Å². The molecule has 32 heavy (non-hydrogen) atoms. The van der Waals surface area contributed by atoms with Crippen LogP contribution in [-0.2, 0) is 24.0 Å². The smallest absolute Gasteiger partial charge is 0.326 e. The minimum absolute atomic E-state index is 0.0778. The third-order valence-electron chi connectivity index (χ3n) is 4.33. The number of nitrogens with two attached hydrogens (primary N) is 4. The van der Waals surface area contributed by atoms with Gasteiger partial charge in [0.15, 0.2) is 5.96 Å². The first kappa shape index (κ1) is 28.6. The summed E-state index contributed by atoms with van der Waals surface area (Å²) in [5.41, 5.74) is 21.3. The normalized spacial score (nSPS) is 14.4. The number of hydrogen-bond donors (Lipinski definition) is 8. The minimum atomic E-state index is -1.42. The Morgan fingerprint density at radius 2 is 1.50 bits per heavy atom. The summed E-state index contributed by atoms with van der Waals surface area (Å²) in [6.45, 7) is 4.81. The second kappa shape index (κ2) is 13.8. The van der Waals surface area contributed by atoms with Crippen LogP contribution < -0.4 is 38.9 Å². The second-order valence-electron chi connectivity index (χ2n) is 7.59. The fourth-order valence-electron chi connectivity index (χ4n) is 2.51. The van der Waals surface area contributed by atoms with E-state index in [1.165, 1.54) is 6.92 Å². The van der Waals surface area contributed by atoms with Crippen LogP contribution in [0, 0.1) is 5.92 Å². The van der Waals surface area contributed by atoms with Gasteiger partial charge in [0, 0.05) is 6.54 Å². The van der Waals surface area contributed by atoms with Crippen molar-refractivity contribution < 1.29 is 29.1 Å². The van der Waals surface area contributed by atoms with Crippen molar-refractivity contribution in [2.24, 2.45) is 33.8 Å². The van der Waals surface area contributed by atoms with Gasteiger partial charge in [0.1, 0.15) is 18.1 Å². The highest BCUT2D eigenvalue weighted by atomic mass is 16.4. The molecular weight excluding hydrogens is 424 g/mol. The summed E-state index contributed by atoms with van der Waals surface area (Å²) in [7, 11) is 0. The molecule has 0 bridgehead atoms. The van der Waals surface area contributed by atoms with Crippen molar-refractivity contribution in [2.45, 2.75) is 64.2 Å². The maximum Gasteiger partial charge on any atom is 0.326 e. The third-order valence-corrected chi connectivity index (χ3v) is 4.33. The number of aliphatic carboxylic acids is 1. The van der Waals surface area contributed by atoms with Crippen LogP contribution in [0.4, 0.5) is 0 Å². The van der Waals surface area contributed by atoms with Crippen molar-refractivity contribution in [2.75, 3.05) is 6.54 Å². The molecule has 0 aliphatic carbocycles. The van der Waals surface area contributed by atoms with E-state index in [-0.39, 0.29) is 18.9 Å². The van der Waals surface area contributed by atoms with E-state index in [2.05, 4.69) is 20.9 Å². The molecule has 0 rings (SSSR count). The minimum Gasteiger partial charge on any atom is -0.480 e. The van der Waals surface area contributed by atoms with Gasteiger partial charge in [-0.3, -0.25) is 24.2 Å². The van der Waals surface area contributed by atoms with E-state index < -0.39 is 66.1 Å². The number of carboxylic acid groups (broad SMARTS) is 1. The van der Waals surface area contributed by atoms with Gasteiger partial charge >= 0.3 is 5.97 Å². The molecule has 0 heterocycles. The van der Waals surface area contributed by atoms with Gasteiger partial charge in [-0.15, -0.1) is 0 Å². The molecule has 4 unspecified atom stereocenters. The molecule has 14 nitrogen and oxygen atoms in total. The molecule has 14 heteroatoms. The SMILES string of the molecule is CC(NC(=O)C(N)CCCN=C(N)N)C(=O)NC(CC(N)=O)C(=O)NC(C(=O)O)C(C)C. The lowest BCUT2D eigenvalue weighted by Gasteiger charge is -2.24. The van der Waals surface area contributed by atoms with Gasteiger partial charge in [-0.25, -0.2) is 4.79 Å². The quantitative estimate of drug-likeness (QED) is 0.0726. The Hall–Kier alpha value is -3.42. The van der Waals surface area contributed by atoms with Crippen LogP contribution in [0.1, 0.15) is 40.0 Å². The molecule has 0 aromatic rings. The molecule has 0 saturated carbocycles. The average molecular weight is 459 g/mol. The summed E-state index contributed by atoms with van der Waals surface area (Å²) in [4.78, 5) is 63.4. The largest absolute Gasteiger partial charge is 0.480 e. The topological polar surface area (TPSA) is 258 Å². The number of aliphatic imine (C=N–C) groups is 1. The molecule has 0 saturated heterocycles. The van der Waals surface area contributed by atoms with Gasteiger partial charge in [-0.05, 0) is 25.7 Å². The molecule has 182 valence electrons. The van der Waals surface area contributed by atoms with Crippen LogP contribution in [0.15, 0.2) is 4.99 Å². The highest BCUT2D eigenvalue weighted by Gasteiger charge is 2.31. The van der Waals surface area contributed by atoms with E-state index in [1.807, 2.05) is 0 Å². The summed E-state index contributed by atoms with van der Waals surface area (Å²) in [5.74, 6) is -4.98. The zero-order chi connectivity index (χ0) is 25.0. The number of rotatable bonds is 14. The highest BCUT2D eigenvalue weighted by Crippen LogP contribution is 2.04. The summed E-state index contributed by atoms with van der Waals surface area (Å²) in [5, 5.41) is 16.2. The maximum absolute atomic E-state index is 12.4. The lowest BCUT2D eigenvalue weighted by Crippen LogP contribution is -2.57. The summed E-state index contributed by atoms with van der Waals surface area (Å²) in [6, 6.07) is -4.68. The second-order valence-corrected chi connectivity index (χ2v) is 7.59. The Bertz CT molecular complexity index is 722. The van der Waals surface area contributed by atoms with Crippen LogP contribution in [0.2, 0.25) is 0 Å². The predicted molar refractivity (Wildman–Crippen MR) is 116 cm³/mol. The van der Waals surface area contributed by atoms with Crippen molar-refractivity contribution in [3.05, 3.63) is 0 Å². The van der Waals surface area contributed by atoms with Crippen molar-refractivity contribution >= 4 is 35.6 Å². The predicted octanol–water partition coefficient (Wildman–Crippen LogP) is -3.54. The number of nitrogens with zero attached hydrogens (tertiary/aromatic N) is 1. The van der Waals surface area contributed by atoms with Crippen molar-refractivity contribution in [3.63, 3.8) is 0 Å². The van der Waals surface area contributed by atoms with Crippen molar-refractivity contribution in [1.29, 1.82) is 0 Å². The molecule has 0 aromatic carbocycles. The standard InChI is InChI=1S/C18H34N8O6/c1-8(2)13(17(31)32)26-16(30)11(7-12(20)27)25-14(28)9(3)24-15(29)10(19)5-4-6-23-18(21)22/h8-11,13H,4-7,19H2,1-3H3,(H2,20,27)(H,24,29)(H,25,28)(H,26,30)(H,31,32)(H4,21,22,23). The molecule has 0 aliphatic heterocycles. The third kappa shape index (κ3) is 11.1. The van der Waals surface area contributed by atoms with Crippen LogP contribution in [-0.4, -0.2) is 71.4 Å². The molecule has 0 aromatic heterocycles. The Morgan fingerprint density at radius 1 is 0.906 bits per heavy atom. The lowest BCUT2D eigenvalue weighted by molar-refractivity contribution is -0.143. The Balaban J connectivity index is 4.97. The maximum atomic E-state index is 12.4. The van der Waals surface area contributed by atoms with Gasteiger partial charge in [0.05, 0.1) is 12.5 Å². The molecule has 0 aliphatic rings. The number of carboxylic acids is 1. The zero-order valence-corrected chi connectivity index (χ0v) is 18.5. The molecule has 12 N–H and O–H groups in total. The van der Waals surface area contributed by atoms with E-state index >= 15 is 0 Å². The first-order valence-corrected chi connectivity index (χ1v) is 9.99. The zero-order valence-electron chi connectivity index (χ0n) is 18.5. The van der Waals surface area contributed by atoms with Crippen molar-refractivity contribution in [3.8, 4) is 0 Å². The molecular formula is C18H34N8O6. The van der Waals surface area contributed by atoms with E-state index in [1.54, 1.807) is 13.8 Å². The number of amides is 4. The summed E-state index contributed by atoms with van der Waals surface area (Å²) < 4.78 is 0. The summed E-state index contributed by atoms with van der Waals surface area (Å²) in [6.07, 6.45) is 0.136. The molecule has 4 atom stereocenters. The molecule has 0 radical (unpaired) electrons. The fraction of sp³-hybridized carbons (Fsp3) is 0.667. The molecule has 0 fully saturated rings. The van der Waals surface area contributed by atoms with Gasteiger partial charge in [0.25, 0.3) is 0 Å². The van der Waals surface area contributed by atoms with Gasteiger partial charge < -0.3 is 44.0 Å². The van der Waals surface area contributed by atoms with Gasteiger partial charge in [-0.2, -0.15) is 0 Å². The van der Waals surface area contributed by atoms with Crippen LogP contribution in [0.3, 0.4) is 0 Å². The number of hydrogen-bond acceptors (Lipinski definition) is 7. The summed E-state index contributed by atoms with van der Waals surface area (Å²) >= 11 is 0. The van der Waals surface area contributed by atoms with E-state index in [9.17, 15) is 29.1 Å². The lowest BCUT2D eigenvalue weighted by atomic mass is 10.0. The molecule has 0 spiro atoms. The fourth-order valence-corrected chi connectivity index (χ4v) is 2.51. The van der Waals surface area contributed by atoms with Crippen LogP contribution in [0.5, 0.6) is 0 Å². The number of primary amides is 1. The van der Waals surface area contributed by atoms with E-state index in [4.69, 9.17) is 22.9 Å². The van der Waals surface area contributed by atoms with Crippen molar-refractivity contribution in [1.82, 2.24) is 16.0 Å². The Morgan fingerprint density at radius 3 is 1.97 bits per heavy atom. The van der Waals surface area contributed by atoms with Gasteiger partial charge in [-0.1, -0.05) is 13.8 Å². The van der Waals surface area contributed by atoms with E-state index in [0.29, 0.717) is 6.42 Å². The number of carbonyl (C=O) groups excluding carboxylic acids is 4. The monoisotopic (exact) mass is 458 g/mol. The number of carbonyl (C=O) groups is 5. The number of guanidine groups is 1. The first-order valence-electron chi connectivity index (χ1n) is 9.99. The Kier molecular flexibility index (Phi) is 12.3. The first-order chi connectivity index (χ1) is 14.8. The van der Waals surface area contributed by atoms with Crippen LogP contribution in [0.25, 0.3) is 0 Å².